The molecule has 0 spiro atoms. The maximum atomic E-state index is 14.1. The lowest BCUT2D eigenvalue weighted by atomic mass is 10.2. The molecule has 0 radical (unpaired) electrons. The Kier molecular flexibility index (Phi) is 10.0. The van der Waals surface area contributed by atoms with Gasteiger partial charge in [-0.1, -0.05) is 0 Å². The Morgan fingerprint density at radius 2 is 2.06 bits per heavy atom. The molecule has 1 amide bonds. The van der Waals surface area contributed by atoms with Gasteiger partial charge >= 0.3 is 6.09 Å². The largest absolute Gasteiger partial charge is 0.450 e. The van der Waals surface area contributed by atoms with Crippen LogP contribution in [0.5, 0.6) is 0 Å². The number of hydrogen-bond donors (Lipinski definition) is 3. The Hall–Kier alpha value is -1.85. The molecule has 1 aliphatic carbocycles. The zero-order valence-electron chi connectivity index (χ0n) is 18.0. The van der Waals surface area contributed by atoms with E-state index < -0.39 is 17.7 Å². The lowest BCUT2D eigenvalue weighted by Gasteiger charge is -2.21. The fourth-order valence-corrected chi connectivity index (χ4v) is 3.67. The van der Waals surface area contributed by atoms with E-state index in [2.05, 4.69) is 20.9 Å². The number of ether oxygens (including phenoxy) is 1. The topological polar surface area (TPSA) is 78.0 Å². The van der Waals surface area contributed by atoms with Gasteiger partial charge in [0, 0.05) is 31.7 Å². The van der Waals surface area contributed by atoms with Crippen LogP contribution in [0.25, 0.3) is 0 Å². The zero-order chi connectivity index (χ0) is 21.5. The van der Waals surface area contributed by atoms with Crippen LogP contribution < -0.4 is 20.9 Å². The highest BCUT2D eigenvalue weighted by Crippen LogP contribution is 2.32. The van der Waals surface area contributed by atoms with Gasteiger partial charge in [-0.2, -0.15) is 0 Å². The van der Waals surface area contributed by atoms with E-state index >= 15 is 0 Å². The number of benzene rings is 1. The first-order chi connectivity index (χ1) is 14.5. The number of hydrogen-bond acceptors (Lipinski definition) is 4. The van der Waals surface area contributed by atoms with Gasteiger partial charge in [0.25, 0.3) is 0 Å². The summed E-state index contributed by atoms with van der Waals surface area (Å²) >= 11 is 0. The van der Waals surface area contributed by atoms with Crippen molar-refractivity contribution < 1.29 is 18.3 Å². The number of halogens is 3. The van der Waals surface area contributed by atoms with Crippen molar-refractivity contribution in [3.05, 3.63) is 29.8 Å². The number of carbonyl (C=O) groups excluding carboxylic acids is 1. The van der Waals surface area contributed by atoms with Crippen LogP contribution in [0.15, 0.2) is 23.2 Å². The van der Waals surface area contributed by atoms with E-state index in [-0.39, 0.29) is 36.1 Å². The maximum Gasteiger partial charge on any atom is 0.407 e. The number of aliphatic imine (C=N–C) groups is 1. The Bertz CT molecular complexity index is 763. The summed E-state index contributed by atoms with van der Waals surface area (Å²) in [5, 5.41) is 9.53. The second kappa shape index (κ2) is 12.3. The van der Waals surface area contributed by atoms with E-state index in [0.29, 0.717) is 50.4 Å². The van der Waals surface area contributed by atoms with Gasteiger partial charge in [0.15, 0.2) is 5.96 Å². The fourth-order valence-electron chi connectivity index (χ4n) is 3.67. The number of amides is 1. The molecule has 3 rings (SSSR count). The molecule has 1 aliphatic heterocycles. The first-order valence-electron chi connectivity index (χ1n) is 10.7. The van der Waals surface area contributed by atoms with Gasteiger partial charge in [-0.3, -0.25) is 4.99 Å². The van der Waals surface area contributed by atoms with Crippen LogP contribution in [0.4, 0.5) is 19.3 Å². The van der Waals surface area contributed by atoms with Gasteiger partial charge in [0.05, 0.1) is 24.9 Å². The molecule has 2 unspecified atom stereocenters. The van der Waals surface area contributed by atoms with Crippen LogP contribution in [0.3, 0.4) is 0 Å². The van der Waals surface area contributed by atoms with Crippen LogP contribution >= 0.6 is 24.0 Å². The average Bonchev–Trinajstić information content (AvgIpc) is 3.45. The van der Waals surface area contributed by atoms with Crippen molar-refractivity contribution in [2.24, 2.45) is 10.9 Å². The van der Waals surface area contributed by atoms with Gasteiger partial charge < -0.3 is 25.6 Å². The summed E-state index contributed by atoms with van der Waals surface area (Å²) in [7, 11) is 0. The summed E-state index contributed by atoms with van der Waals surface area (Å²) in [4.78, 5) is 18.4. The number of alkyl carbamates (subject to hydrolysis) is 1. The van der Waals surface area contributed by atoms with Crippen molar-refractivity contribution in [2.45, 2.75) is 45.2 Å². The first-order valence-corrected chi connectivity index (χ1v) is 10.7. The molecule has 1 saturated carbocycles. The molecule has 0 aromatic heterocycles. The summed E-state index contributed by atoms with van der Waals surface area (Å²) in [5.74, 6) is -0.0217. The predicted octanol–water partition coefficient (Wildman–Crippen LogP) is 3.24. The van der Waals surface area contributed by atoms with Gasteiger partial charge in [-0.05, 0) is 51.2 Å². The minimum atomic E-state index is -0.576. The molecule has 31 heavy (non-hydrogen) atoms. The van der Waals surface area contributed by atoms with Gasteiger partial charge in [0.2, 0.25) is 0 Å². The van der Waals surface area contributed by atoms with Crippen molar-refractivity contribution in [3.8, 4) is 0 Å². The lowest BCUT2D eigenvalue weighted by molar-refractivity contribution is 0.147. The highest BCUT2D eigenvalue weighted by atomic mass is 127. The molecule has 1 aromatic carbocycles. The molecular formula is C21H32F2IN5O2. The Morgan fingerprint density at radius 3 is 2.71 bits per heavy atom. The molecule has 1 heterocycles. The highest BCUT2D eigenvalue weighted by Gasteiger charge is 2.33. The van der Waals surface area contributed by atoms with E-state index in [1.807, 2.05) is 11.8 Å². The molecule has 0 bridgehead atoms. The average molecular weight is 551 g/mol. The van der Waals surface area contributed by atoms with Gasteiger partial charge in [-0.15, -0.1) is 24.0 Å². The number of nitrogens with zero attached hydrogens (tertiary/aromatic N) is 2. The smallest absolute Gasteiger partial charge is 0.407 e. The first kappa shape index (κ1) is 25.4. The summed E-state index contributed by atoms with van der Waals surface area (Å²) < 4.78 is 32.2. The third kappa shape index (κ3) is 7.65. The normalized spacial score (nSPS) is 19.4. The lowest BCUT2D eigenvalue weighted by Crippen LogP contribution is -2.46. The molecule has 3 N–H and O–H groups in total. The molecule has 2 fully saturated rings. The number of carbonyl (C=O) groups is 1. The fraction of sp³-hybridized carbons (Fsp3) is 0.619. The number of rotatable bonds is 8. The molecule has 174 valence electrons. The van der Waals surface area contributed by atoms with E-state index in [0.717, 1.165) is 25.3 Å². The number of nitrogens with one attached hydrogen (secondary N) is 3. The zero-order valence-corrected chi connectivity index (χ0v) is 20.3. The molecule has 2 aliphatic rings. The summed E-state index contributed by atoms with van der Waals surface area (Å²) in [6, 6.07) is 3.71. The standard InChI is InChI=1S/C21H31F2N5O2.HI/c1-3-24-20(25-12-18(14-5-6-14)27-21(29)30-4-2)26-16-9-10-28(13-16)19-8-7-15(22)11-17(19)23;/h7-8,11,14,16,18H,3-6,9-10,12-13H2,1-2H3,(H,27,29)(H2,24,25,26);1H. The predicted molar refractivity (Wildman–Crippen MR) is 128 cm³/mol. The van der Waals surface area contributed by atoms with Crippen LogP contribution in [0, 0.1) is 17.6 Å². The second-order valence-corrected chi connectivity index (χ2v) is 7.70. The Labute approximate surface area is 199 Å². The van der Waals surface area contributed by atoms with Crippen LogP contribution in [0.2, 0.25) is 0 Å². The van der Waals surface area contributed by atoms with Crippen molar-refractivity contribution in [2.75, 3.05) is 37.7 Å². The monoisotopic (exact) mass is 551 g/mol. The summed E-state index contributed by atoms with van der Waals surface area (Å²) in [6.07, 6.45) is 2.57. The molecular weight excluding hydrogens is 519 g/mol. The SMILES string of the molecule is CCNC(=NCC(NC(=O)OCC)C1CC1)NC1CCN(c2ccc(F)cc2F)C1.I. The van der Waals surface area contributed by atoms with Crippen LogP contribution in [-0.2, 0) is 4.74 Å². The summed E-state index contributed by atoms with van der Waals surface area (Å²) in [6.45, 7) is 6.54. The van der Waals surface area contributed by atoms with E-state index in [9.17, 15) is 13.6 Å². The minimum absolute atomic E-state index is 0. The van der Waals surface area contributed by atoms with Crippen molar-refractivity contribution in [3.63, 3.8) is 0 Å². The van der Waals surface area contributed by atoms with Crippen LogP contribution in [-0.4, -0.2) is 56.9 Å². The Balaban J connectivity index is 0.00000341. The van der Waals surface area contributed by atoms with Crippen LogP contribution in [0.1, 0.15) is 33.1 Å². The third-order valence-electron chi connectivity index (χ3n) is 5.34. The quantitative estimate of drug-likeness (QED) is 0.263. The van der Waals surface area contributed by atoms with Gasteiger partial charge in [0.1, 0.15) is 11.6 Å². The van der Waals surface area contributed by atoms with E-state index in [4.69, 9.17) is 4.74 Å². The number of guanidine groups is 1. The molecule has 2 atom stereocenters. The number of anilines is 1. The van der Waals surface area contributed by atoms with E-state index in [1.54, 1.807) is 6.92 Å². The maximum absolute atomic E-state index is 14.1. The minimum Gasteiger partial charge on any atom is -0.450 e. The second-order valence-electron chi connectivity index (χ2n) is 7.70. The van der Waals surface area contributed by atoms with Crippen molar-refractivity contribution in [1.29, 1.82) is 0 Å². The summed E-state index contributed by atoms with van der Waals surface area (Å²) in [5.41, 5.74) is 0.412. The van der Waals surface area contributed by atoms with Crippen molar-refractivity contribution in [1.82, 2.24) is 16.0 Å². The third-order valence-corrected chi connectivity index (χ3v) is 5.34. The van der Waals surface area contributed by atoms with Gasteiger partial charge in [-0.25, -0.2) is 13.6 Å². The Morgan fingerprint density at radius 1 is 1.29 bits per heavy atom. The van der Waals surface area contributed by atoms with E-state index in [1.165, 1.54) is 12.1 Å². The highest BCUT2D eigenvalue weighted by molar-refractivity contribution is 14.0. The molecule has 1 aromatic rings. The van der Waals surface area contributed by atoms with Crippen molar-refractivity contribution >= 4 is 41.7 Å². The molecule has 1 saturated heterocycles. The molecule has 7 nitrogen and oxygen atoms in total. The molecule has 10 heteroatoms.